The van der Waals surface area contributed by atoms with Crippen LogP contribution < -0.4 is 10.0 Å². The Morgan fingerprint density at radius 1 is 0.775 bits per heavy atom. The second-order valence-corrected chi connectivity index (χ2v) is 13.7. The molecular weight excluding hydrogens is 690 g/mol. The SMILES string of the molecule is C[PH+](C)c1ccccc1-c1[c-]c(Oc2[c-]c3c(cc2)c2ccccc2n3-c2cc(C(C)(C)C)ccn2)ccc1.[Pt+2]. The van der Waals surface area contributed by atoms with Crippen LogP contribution in [0.15, 0.2) is 97.2 Å². The molecule has 0 amide bonds. The van der Waals surface area contributed by atoms with Crippen LogP contribution in [0.25, 0.3) is 38.8 Å². The molecule has 4 aromatic carbocycles. The minimum absolute atomic E-state index is 0. The van der Waals surface area contributed by atoms with Gasteiger partial charge in [0.15, 0.2) is 0 Å². The van der Waals surface area contributed by atoms with Crippen molar-refractivity contribution in [3.05, 3.63) is 115 Å². The fourth-order valence-corrected chi connectivity index (χ4v) is 6.30. The number of pyridine rings is 1. The van der Waals surface area contributed by atoms with Gasteiger partial charge in [0.25, 0.3) is 0 Å². The fraction of sp³-hybridized carbons (Fsp3) is 0.171. The summed E-state index contributed by atoms with van der Waals surface area (Å²) in [4.78, 5) is 4.78. The zero-order chi connectivity index (χ0) is 27.1. The minimum Gasteiger partial charge on any atom is -0.503 e. The molecule has 0 unspecified atom stereocenters. The number of para-hydroxylation sites is 1. The zero-order valence-electron chi connectivity index (χ0n) is 23.4. The summed E-state index contributed by atoms with van der Waals surface area (Å²) in [5.41, 5.74) is 5.57. The van der Waals surface area contributed by atoms with E-state index in [1.807, 2.05) is 24.4 Å². The summed E-state index contributed by atoms with van der Waals surface area (Å²) in [6.07, 6.45) is 1.90. The number of nitrogens with zero attached hydrogens (tertiary/aromatic N) is 2. The van der Waals surface area contributed by atoms with Crippen LogP contribution in [0, 0.1) is 12.1 Å². The van der Waals surface area contributed by atoms with Gasteiger partial charge < -0.3 is 9.30 Å². The van der Waals surface area contributed by atoms with Crippen LogP contribution in [0.3, 0.4) is 0 Å². The van der Waals surface area contributed by atoms with E-state index in [0.29, 0.717) is 11.5 Å². The van der Waals surface area contributed by atoms with Gasteiger partial charge >= 0.3 is 21.1 Å². The molecule has 0 aliphatic rings. The Bertz CT molecular complexity index is 1820. The third-order valence-electron chi connectivity index (χ3n) is 7.14. The van der Waals surface area contributed by atoms with E-state index in [1.54, 1.807) is 0 Å². The first kappa shape index (κ1) is 28.3. The van der Waals surface area contributed by atoms with Crippen molar-refractivity contribution < 1.29 is 25.8 Å². The van der Waals surface area contributed by atoms with Gasteiger partial charge in [-0.15, -0.1) is 41.3 Å². The number of aromatic nitrogens is 2. The average molecular weight is 723 g/mol. The van der Waals surface area contributed by atoms with Gasteiger partial charge in [-0.05, 0) is 40.6 Å². The van der Waals surface area contributed by atoms with E-state index in [9.17, 15) is 0 Å². The second kappa shape index (κ2) is 11.3. The molecule has 202 valence electrons. The molecule has 6 aromatic rings. The monoisotopic (exact) mass is 722 g/mol. The molecule has 0 fully saturated rings. The molecular formula is C35H32N2OPPt+. The molecule has 5 heteroatoms. The predicted molar refractivity (Wildman–Crippen MR) is 167 cm³/mol. The first-order chi connectivity index (χ1) is 18.8. The van der Waals surface area contributed by atoms with E-state index in [4.69, 9.17) is 9.72 Å². The van der Waals surface area contributed by atoms with E-state index in [0.717, 1.165) is 27.8 Å². The van der Waals surface area contributed by atoms with Crippen LogP contribution in [0.2, 0.25) is 0 Å². The first-order valence-electron chi connectivity index (χ1n) is 13.3. The maximum absolute atomic E-state index is 6.38. The standard InChI is InChI=1S/C35H31N2OP.Pt/c1-35(2,3)25-19-20-36-34(22-25)37-31-15-8-6-14-29(31)30-18-17-27(23-32(30)37)38-26-12-10-11-24(21-26)28-13-7-9-16-33(28)39(4)5;/h6-20,22H,1-5H3;/q-2;+2/p+1. The van der Waals surface area contributed by atoms with E-state index >= 15 is 0 Å². The zero-order valence-corrected chi connectivity index (χ0v) is 26.6. The molecule has 0 saturated carbocycles. The number of rotatable bonds is 5. The number of hydrogen-bond acceptors (Lipinski definition) is 2. The average Bonchev–Trinajstić information content (AvgIpc) is 3.26. The number of ether oxygens (including phenoxy) is 1. The Hall–Kier alpha value is -3.25. The van der Waals surface area contributed by atoms with Gasteiger partial charge in [-0.1, -0.05) is 74.3 Å². The summed E-state index contributed by atoms with van der Waals surface area (Å²) in [5, 5.41) is 3.69. The number of benzene rings is 4. The Kier molecular flexibility index (Phi) is 8.00. The first-order valence-corrected chi connectivity index (χ1v) is 15.8. The Morgan fingerprint density at radius 2 is 1.52 bits per heavy atom. The van der Waals surface area contributed by atoms with Crippen LogP contribution in [0.4, 0.5) is 0 Å². The van der Waals surface area contributed by atoms with Gasteiger partial charge in [-0.3, -0.25) is 0 Å². The molecule has 2 heterocycles. The van der Waals surface area contributed by atoms with Gasteiger partial charge in [0.2, 0.25) is 0 Å². The van der Waals surface area contributed by atoms with Gasteiger partial charge in [-0.2, -0.15) is 6.07 Å². The molecule has 0 aliphatic heterocycles. The number of fused-ring (bicyclic) bond motifs is 3. The van der Waals surface area contributed by atoms with Crippen LogP contribution in [-0.2, 0) is 26.5 Å². The maximum Gasteiger partial charge on any atom is 2.00 e. The number of hydrogen-bond donors (Lipinski definition) is 0. The summed E-state index contributed by atoms with van der Waals surface area (Å²) in [6.45, 7) is 11.3. The molecule has 0 bridgehead atoms. The smallest absolute Gasteiger partial charge is 0.503 e. The van der Waals surface area contributed by atoms with Crippen molar-refractivity contribution in [1.82, 2.24) is 9.55 Å². The van der Waals surface area contributed by atoms with Gasteiger partial charge in [0.05, 0.1) is 18.6 Å². The molecule has 6 rings (SSSR count). The molecule has 40 heavy (non-hydrogen) atoms. The van der Waals surface area contributed by atoms with E-state index in [-0.39, 0.29) is 26.5 Å². The van der Waals surface area contributed by atoms with E-state index < -0.39 is 7.92 Å². The van der Waals surface area contributed by atoms with Gasteiger partial charge in [-0.25, -0.2) is 4.98 Å². The molecule has 2 aromatic heterocycles. The van der Waals surface area contributed by atoms with Crippen molar-refractivity contribution in [3.63, 3.8) is 0 Å². The molecule has 0 saturated heterocycles. The van der Waals surface area contributed by atoms with Crippen molar-refractivity contribution in [1.29, 1.82) is 0 Å². The summed E-state index contributed by atoms with van der Waals surface area (Å²) < 4.78 is 8.57. The predicted octanol–water partition coefficient (Wildman–Crippen LogP) is 8.63. The van der Waals surface area contributed by atoms with Gasteiger partial charge in [0, 0.05) is 31.1 Å². The van der Waals surface area contributed by atoms with E-state index in [2.05, 4.69) is 124 Å². The third-order valence-corrected chi connectivity index (χ3v) is 8.65. The Balaban J connectivity index is 0.00000323. The second-order valence-electron chi connectivity index (χ2n) is 11.2. The van der Waals surface area contributed by atoms with Crippen LogP contribution in [-0.4, -0.2) is 22.9 Å². The summed E-state index contributed by atoms with van der Waals surface area (Å²) >= 11 is 0. The van der Waals surface area contributed by atoms with E-state index in [1.165, 1.54) is 21.8 Å². The normalized spacial score (nSPS) is 11.7. The summed E-state index contributed by atoms with van der Waals surface area (Å²) in [5.74, 6) is 2.20. The molecule has 0 atom stereocenters. The Labute approximate surface area is 252 Å². The van der Waals surface area contributed by atoms with Crippen LogP contribution in [0.1, 0.15) is 26.3 Å². The minimum atomic E-state index is -0.615. The van der Waals surface area contributed by atoms with Gasteiger partial charge in [0.1, 0.15) is 5.82 Å². The molecule has 0 radical (unpaired) electrons. The molecule has 0 spiro atoms. The topological polar surface area (TPSA) is 27.1 Å². The summed E-state index contributed by atoms with van der Waals surface area (Å²) in [6, 6.07) is 38.6. The Morgan fingerprint density at radius 3 is 2.33 bits per heavy atom. The van der Waals surface area contributed by atoms with Crippen molar-refractivity contribution in [2.45, 2.75) is 26.2 Å². The fourth-order valence-electron chi connectivity index (χ4n) is 5.12. The molecule has 3 nitrogen and oxygen atoms in total. The largest absolute Gasteiger partial charge is 2.00 e. The van der Waals surface area contributed by atoms with Crippen molar-refractivity contribution in [2.75, 3.05) is 13.3 Å². The third kappa shape index (κ3) is 5.38. The van der Waals surface area contributed by atoms with Crippen LogP contribution in [0.5, 0.6) is 11.5 Å². The van der Waals surface area contributed by atoms with Crippen LogP contribution >= 0.6 is 7.92 Å². The van der Waals surface area contributed by atoms with Crippen molar-refractivity contribution in [2.24, 2.45) is 0 Å². The molecule has 0 aliphatic carbocycles. The van der Waals surface area contributed by atoms with Crippen molar-refractivity contribution in [3.8, 4) is 28.4 Å². The maximum atomic E-state index is 6.38. The molecule has 0 N–H and O–H groups in total. The quantitative estimate of drug-likeness (QED) is 0.132. The summed E-state index contributed by atoms with van der Waals surface area (Å²) in [7, 11) is -0.615. The van der Waals surface area contributed by atoms with Crippen molar-refractivity contribution >= 4 is 35.0 Å².